The molecule has 9 heteroatoms. The predicted octanol–water partition coefficient (Wildman–Crippen LogP) is 3.80. The number of piperidine rings is 2. The van der Waals surface area contributed by atoms with E-state index in [2.05, 4.69) is 22.1 Å². The number of aromatic nitrogens is 1. The first-order valence-electron chi connectivity index (χ1n) is 11.0. The smallest absolute Gasteiger partial charge is 0.257 e. The number of carbonyl (C=O) groups is 1. The molecule has 1 atom stereocenters. The highest BCUT2D eigenvalue weighted by molar-refractivity contribution is 7.89. The quantitative estimate of drug-likeness (QED) is 0.706. The number of thiazole rings is 1. The second-order valence-corrected chi connectivity index (χ2v) is 11.4. The van der Waals surface area contributed by atoms with Gasteiger partial charge in [-0.3, -0.25) is 15.0 Å². The Morgan fingerprint density at radius 1 is 1.19 bits per heavy atom. The third-order valence-corrected chi connectivity index (χ3v) is 8.65. The van der Waals surface area contributed by atoms with Crippen molar-refractivity contribution in [3.8, 4) is 0 Å². The Hall–Kier alpha value is -1.81. The molecule has 2 saturated heterocycles. The van der Waals surface area contributed by atoms with Crippen LogP contribution in [0.1, 0.15) is 55.1 Å². The molecule has 0 radical (unpaired) electrons. The van der Waals surface area contributed by atoms with Crippen LogP contribution in [0.5, 0.6) is 0 Å². The molecule has 2 aliphatic rings. The fourth-order valence-corrected chi connectivity index (χ4v) is 6.58. The largest absolute Gasteiger partial charge is 0.298 e. The number of hydrogen-bond donors (Lipinski definition) is 1. The molecule has 3 heterocycles. The van der Waals surface area contributed by atoms with Crippen molar-refractivity contribution >= 4 is 32.4 Å². The van der Waals surface area contributed by atoms with Crippen molar-refractivity contribution in [1.29, 1.82) is 0 Å². The summed E-state index contributed by atoms with van der Waals surface area (Å²) in [6.07, 6.45) is 5.30. The molecule has 2 aliphatic heterocycles. The summed E-state index contributed by atoms with van der Waals surface area (Å²) in [5, 5.41) is 5.34. The topological polar surface area (TPSA) is 82.6 Å². The summed E-state index contributed by atoms with van der Waals surface area (Å²) in [7, 11) is -3.57. The first-order valence-corrected chi connectivity index (χ1v) is 13.3. The second kappa shape index (κ2) is 9.77. The Labute approximate surface area is 188 Å². The van der Waals surface area contributed by atoms with Crippen LogP contribution in [0, 0.1) is 5.92 Å². The molecule has 1 N–H and O–H groups in total. The minimum Gasteiger partial charge on any atom is -0.298 e. The molecule has 0 bridgehead atoms. The van der Waals surface area contributed by atoms with Crippen LogP contribution in [0.15, 0.2) is 34.5 Å². The lowest BCUT2D eigenvalue weighted by Gasteiger charge is -2.30. The summed E-state index contributed by atoms with van der Waals surface area (Å²) < 4.78 is 27.3. The third kappa shape index (κ3) is 5.52. The predicted molar refractivity (Wildman–Crippen MR) is 123 cm³/mol. The maximum absolute atomic E-state index is 12.9. The van der Waals surface area contributed by atoms with Crippen LogP contribution in [0.3, 0.4) is 0 Å². The Morgan fingerprint density at radius 3 is 2.77 bits per heavy atom. The summed E-state index contributed by atoms with van der Waals surface area (Å²) in [6, 6.07) is 6.27. The molecule has 0 saturated carbocycles. The van der Waals surface area contributed by atoms with Gasteiger partial charge in [-0.2, -0.15) is 4.31 Å². The minimum atomic E-state index is -3.57. The first-order chi connectivity index (χ1) is 14.9. The molecule has 1 aromatic carbocycles. The summed E-state index contributed by atoms with van der Waals surface area (Å²) in [5.74, 6) is 0.364. The van der Waals surface area contributed by atoms with Crippen LogP contribution >= 0.6 is 11.3 Å². The second-order valence-electron chi connectivity index (χ2n) is 8.57. The average Bonchev–Trinajstić information content (AvgIpc) is 3.21. The van der Waals surface area contributed by atoms with Crippen molar-refractivity contribution in [3.05, 3.63) is 40.9 Å². The van der Waals surface area contributed by atoms with E-state index in [0.29, 0.717) is 29.7 Å². The zero-order chi connectivity index (χ0) is 21.8. The number of sulfonamides is 1. The molecule has 7 nitrogen and oxygen atoms in total. The summed E-state index contributed by atoms with van der Waals surface area (Å²) >= 11 is 1.40. The fourth-order valence-electron chi connectivity index (χ4n) is 4.32. The van der Waals surface area contributed by atoms with Crippen LogP contribution < -0.4 is 5.32 Å². The number of nitrogens with zero attached hydrogens (tertiary/aromatic N) is 3. The van der Waals surface area contributed by atoms with E-state index in [1.165, 1.54) is 34.6 Å². The van der Waals surface area contributed by atoms with E-state index in [4.69, 9.17) is 0 Å². The monoisotopic (exact) mass is 462 g/mol. The van der Waals surface area contributed by atoms with Crippen LogP contribution in [-0.4, -0.2) is 54.7 Å². The van der Waals surface area contributed by atoms with Crippen LogP contribution in [0.25, 0.3) is 0 Å². The molecule has 1 amide bonds. The molecule has 1 unspecified atom stereocenters. The lowest BCUT2D eigenvalue weighted by Crippen LogP contribution is -2.35. The minimum absolute atomic E-state index is 0.168. The molecule has 4 rings (SSSR count). The van der Waals surface area contributed by atoms with Crippen molar-refractivity contribution in [1.82, 2.24) is 14.2 Å². The average molecular weight is 463 g/mol. The Balaban J connectivity index is 1.41. The van der Waals surface area contributed by atoms with Gasteiger partial charge in [0.2, 0.25) is 10.0 Å². The van der Waals surface area contributed by atoms with Crippen LogP contribution in [0.4, 0.5) is 5.13 Å². The number of nitrogens with one attached hydrogen (secondary N) is 1. The fraction of sp³-hybridized carbons (Fsp3) is 0.545. The maximum Gasteiger partial charge on any atom is 0.257 e. The van der Waals surface area contributed by atoms with E-state index in [-0.39, 0.29) is 10.8 Å². The van der Waals surface area contributed by atoms with Gasteiger partial charge in [-0.05, 0) is 56.3 Å². The van der Waals surface area contributed by atoms with E-state index >= 15 is 0 Å². The zero-order valence-electron chi connectivity index (χ0n) is 17.9. The number of anilines is 1. The molecule has 0 spiro atoms. The van der Waals surface area contributed by atoms with Gasteiger partial charge in [0.1, 0.15) is 0 Å². The summed E-state index contributed by atoms with van der Waals surface area (Å²) in [4.78, 5) is 19.9. The Morgan fingerprint density at radius 2 is 2.00 bits per heavy atom. The summed E-state index contributed by atoms with van der Waals surface area (Å²) in [5.41, 5.74) is 1.27. The Bertz CT molecular complexity index is 1020. The number of carbonyl (C=O) groups excluding carboxylic acids is 1. The van der Waals surface area contributed by atoms with Gasteiger partial charge >= 0.3 is 0 Å². The molecular weight excluding hydrogens is 432 g/mol. The van der Waals surface area contributed by atoms with Crippen LogP contribution in [0.2, 0.25) is 0 Å². The zero-order valence-corrected chi connectivity index (χ0v) is 19.6. The van der Waals surface area contributed by atoms with E-state index in [9.17, 15) is 13.2 Å². The molecule has 2 fully saturated rings. The van der Waals surface area contributed by atoms with Gasteiger partial charge in [-0.15, -0.1) is 11.3 Å². The van der Waals surface area contributed by atoms with Crippen molar-refractivity contribution in [2.24, 2.45) is 5.92 Å². The Kier molecular flexibility index (Phi) is 7.05. The number of likely N-dealkylation sites (tertiary alicyclic amines) is 1. The summed E-state index contributed by atoms with van der Waals surface area (Å²) in [6.45, 7) is 6.31. The van der Waals surface area contributed by atoms with E-state index in [1.807, 2.05) is 5.38 Å². The van der Waals surface area contributed by atoms with E-state index in [1.54, 1.807) is 18.2 Å². The van der Waals surface area contributed by atoms with Gasteiger partial charge in [-0.25, -0.2) is 13.4 Å². The van der Waals surface area contributed by atoms with Crippen molar-refractivity contribution in [3.63, 3.8) is 0 Å². The molecule has 0 aliphatic carbocycles. The number of amides is 1. The highest BCUT2D eigenvalue weighted by atomic mass is 32.2. The molecule has 31 heavy (non-hydrogen) atoms. The maximum atomic E-state index is 12.9. The van der Waals surface area contributed by atoms with Gasteiger partial charge in [-0.1, -0.05) is 19.4 Å². The number of hydrogen-bond acceptors (Lipinski definition) is 6. The van der Waals surface area contributed by atoms with Crippen LogP contribution in [-0.2, 0) is 16.6 Å². The first kappa shape index (κ1) is 22.4. The lowest BCUT2D eigenvalue weighted by molar-refractivity contribution is 0.102. The van der Waals surface area contributed by atoms with Crippen molar-refractivity contribution in [2.45, 2.75) is 50.5 Å². The van der Waals surface area contributed by atoms with Gasteiger partial charge in [0.15, 0.2) is 5.13 Å². The SMILES string of the molecule is CC1CCCN(Cc2csc(NC(=O)c3cccc(S(=O)(=O)N4CCCCC4)c3)n2)C1. The highest BCUT2D eigenvalue weighted by Gasteiger charge is 2.26. The lowest BCUT2D eigenvalue weighted by atomic mass is 10.0. The van der Waals surface area contributed by atoms with Gasteiger partial charge in [0.25, 0.3) is 5.91 Å². The third-order valence-electron chi connectivity index (χ3n) is 5.95. The molecule has 168 valence electrons. The van der Waals surface area contributed by atoms with Gasteiger partial charge < -0.3 is 0 Å². The number of benzene rings is 1. The highest BCUT2D eigenvalue weighted by Crippen LogP contribution is 2.23. The van der Waals surface area contributed by atoms with Gasteiger partial charge in [0, 0.05) is 37.1 Å². The van der Waals surface area contributed by atoms with E-state index < -0.39 is 10.0 Å². The molecular formula is C22H30N4O3S2. The van der Waals surface area contributed by atoms with E-state index in [0.717, 1.165) is 44.6 Å². The van der Waals surface area contributed by atoms with Crippen molar-refractivity contribution < 1.29 is 13.2 Å². The standard InChI is InChI=1S/C22H30N4O3S2/c1-17-7-6-10-25(14-17)15-19-16-30-22(23-19)24-21(27)18-8-5-9-20(13-18)31(28,29)26-11-3-2-4-12-26/h5,8-9,13,16-17H,2-4,6-7,10-12,14-15H2,1H3,(H,23,24,27). The van der Waals surface area contributed by atoms with Gasteiger partial charge in [0.05, 0.1) is 10.6 Å². The normalized spacial score (nSPS) is 21.1. The molecule has 1 aromatic heterocycles. The number of rotatable bonds is 6. The van der Waals surface area contributed by atoms with Crippen molar-refractivity contribution in [2.75, 3.05) is 31.5 Å². The molecule has 2 aromatic rings.